The Morgan fingerprint density at radius 2 is 2.15 bits per heavy atom. The zero-order chi connectivity index (χ0) is 14.4. The van der Waals surface area contributed by atoms with Crippen LogP contribution in [0.3, 0.4) is 0 Å². The highest BCUT2D eigenvalue weighted by molar-refractivity contribution is 7.90. The maximum Gasteiger partial charge on any atom is 0.136 e. The Bertz CT molecular complexity index is 477. The number of rotatable bonds is 2. The van der Waals surface area contributed by atoms with Crippen LogP contribution in [-0.4, -0.2) is 27.4 Å². The van der Waals surface area contributed by atoms with E-state index in [0.717, 1.165) is 38.0 Å². The first-order valence-corrected chi connectivity index (χ1v) is 9.26. The molecule has 2 atom stereocenters. The summed E-state index contributed by atoms with van der Waals surface area (Å²) in [7, 11) is 0. The van der Waals surface area contributed by atoms with E-state index in [9.17, 15) is 4.55 Å². The number of hydrogen-bond donors (Lipinski definition) is 2. The van der Waals surface area contributed by atoms with Crippen LogP contribution in [0.2, 0.25) is 0 Å². The van der Waals surface area contributed by atoms with Crippen LogP contribution >= 0.6 is 11.3 Å². The van der Waals surface area contributed by atoms with Gasteiger partial charge in [-0.05, 0) is 53.1 Å². The summed E-state index contributed by atoms with van der Waals surface area (Å²) in [4.78, 5) is 5.95. The molecule has 6 heteroatoms. The predicted molar refractivity (Wildman–Crippen MR) is 84.1 cm³/mol. The molecule has 1 aliphatic heterocycles. The number of fused-ring (bicyclic) bond motifs is 1. The van der Waals surface area contributed by atoms with Gasteiger partial charge in [0.25, 0.3) is 0 Å². The van der Waals surface area contributed by atoms with E-state index in [2.05, 4.69) is 15.0 Å². The first-order valence-electron chi connectivity index (χ1n) is 7.23. The number of nitrogens with one attached hydrogen (secondary N) is 2. The first-order chi connectivity index (χ1) is 9.42. The molecule has 4 nitrogen and oxygen atoms in total. The molecule has 1 aromatic heterocycles. The SMILES string of the molecule is CC(C)(C)[S+]([O-])N[C@H]1c2ncsc2CC12CCNCC2. The molecule has 1 unspecified atom stereocenters. The average Bonchev–Trinajstić information content (AvgIpc) is 2.91. The fourth-order valence-corrected chi connectivity index (χ4v) is 5.10. The summed E-state index contributed by atoms with van der Waals surface area (Å²) < 4.78 is 15.7. The molecule has 0 aromatic carbocycles. The third-order valence-corrected chi connectivity index (χ3v) is 6.86. The van der Waals surface area contributed by atoms with Crippen molar-refractivity contribution >= 4 is 22.7 Å². The van der Waals surface area contributed by atoms with Crippen molar-refractivity contribution in [2.45, 2.75) is 50.8 Å². The molecular weight excluding hydrogens is 290 g/mol. The topological polar surface area (TPSA) is 60.0 Å². The van der Waals surface area contributed by atoms with Crippen LogP contribution in [-0.2, 0) is 17.8 Å². The second kappa shape index (κ2) is 5.25. The quantitative estimate of drug-likeness (QED) is 0.822. The normalized spacial score (nSPS) is 26.7. The maximum absolute atomic E-state index is 12.5. The average molecular weight is 313 g/mol. The van der Waals surface area contributed by atoms with Gasteiger partial charge in [0.15, 0.2) is 0 Å². The molecule has 1 saturated heterocycles. The minimum absolute atomic E-state index is 0.144. The Hall–Kier alpha value is -0.140. The number of hydrogen-bond acceptors (Lipinski definition) is 5. The van der Waals surface area contributed by atoms with Gasteiger partial charge in [0.2, 0.25) is 0 Å². The molecule has 20 heavy (non-hydrogen) atoms. The van der Waals surface area contributed by atoms with Gasteiger partial charge in [-0.15, -0.1) is 16.1 Å². The van der Waals surface area contributed by atoms with E-state index in [-0.39, 0.29) is 16.2 Å². The molecule has 0 amide bonds. The van der Waals surface area contributed by atoms with Gasteiger partial charge in [-0.25, -0.2) is 4.98 Å². The van der Waals surface area contributed by atoms with Gasteiger partial charge >= 0.3 is 0 Å². The molecule has 2 aliphatic rings. The van der Waals surface area contributed by atoms with Crippen molar-refractivity contribution in [3.8, 4) is 0 Å². The van der Waals surface area contributed by atoms with Gasteiger partial charge in [0, 0.05) is 21.7 Å². The molecule has 2 N–H and O–H groups in total. The Balaban J connectivity index is 1.87. The molecule has 1 spiro atoms. The van der Waals surface area contributed by atoms with Crippen LogP contribution in [0.15, 0.2) is 5.51 Å². The third kappa shape index (κ3) is 2.52. The van der Waals surface area contributed by atoms with Crippen molar-refractivity contribution in [3.05, 3.63) is 16.1 Å². The summed E-state index contributed by atoms with van der Waals surface area (Å²) in [5.74, 6) is 0. The lowest BCUT2D eigenvalue weighted by Gasteiger charge is -2.40. The zero-order valence-corrected chi connectivity index (χ0v) is 14.0. The highest BCUT2D eigenvalue weighted by Gasteiger charge is 2.51. The largest absolute Gasteiger partial charge is 0.598 e. The lowest BCUT2D eigenvalue weighted by Crippen LogP contribution is -2.49. The van der Waals surface area contributed by atoms with E-state index >= 15 is 0 Å². The van der Waals surface area contributed by atoms with Gasteiger partial charge in [-0.1, -0.05) is 0 Å². The van der Waals surface area contributed by atoms with Crippen LogP contribution in [0, 0.1) is 5.41 Å². The van der Waals surface area contributed by atoms with Crippen molar-refractivity contribution in [2.75, 3.05) is 13.1 Å². The molecule has 0 saturated carbocycles. The van der Waals surface area contributed by atoms with E-state index in [1.165, 1.54) is 4.88 Å². The Morgan fingerprint density at radius 1 is 1.45 bits per heavy atom. The molecule has 112 valence electrons. The van der Waals surface area contributed by atoms with Crippen LogP contribution in [0.25, 0.3) is 0 Å². The van der Waals surface area contributed by atoms with Crippen LogP contribution < -0.4 is 10.0 Å². The third-order valence-electron chi connectivity index (χ3n) is 4.45. The molecule has 0 radical (unpaired) electrons. The number of aromatic nitrogens is 1. The summed E-state index contributed by atoms with van der Waals surface area (Å²) in [6.45, 7) is 8.15. The second-order valence-corrected chi connectivity index (χ2v) is 9.82. The lowest BCUT2D eigenvalue weighted by atomic mass is 9.74. The van der Waals surface area contributed by atoms with Gasteiger partial charge in [0.1, 0.15) is 10.8 Å². The van der Waals surface area contributed by atoms with Crippen LogP contribution in [0.1, 0.15) is 50.2 Å². The van der Waals surface area contributed by atoms with Crippen LogP contribution in [0.5, 0.6) is 0 Å². The maximum atomic E-state index is 12.5. The Kier molecular flexibility index (Phi) is 3.88. The summed E-state index contributed by atoms with van der Waals surface area (Å²) in [6, 6.07) is 0.144. The Labute approximate surface area is 128 Å². The van der Waals surface area contributed by atoms with Crippen molar-refractivity contribution in [1.82, 2.24) is 15.0 Å². The van der Waals surface area contributed by atoms with E-state index in [0.29, 0.717) is 0 Å². The second-order valence-electron chi connectivity index (χ2n) is 6.88. The number of nitrogens with zero attached hydrogens (tertiary/aromatic N) is 1. The monoisotopic (exact) mass is 313 g/mol. The van der Waals surface area contributed by atoms with Crippen molar-refractivity contribution in [2.24, 2.45) is 5.41 Å². The molecule has 3 rings (SSSR count). The van der Waals surface area contributed by atoms with Crippen molar-refractivity contribution in [3.63, 3.8) is 0 Å². The number of thiazole rings is 1. The van der Waals surface area contributed by atoms with E-state index in [1.54, 1.807) is 11.3 Å². The molecule has 2 heterocycles. The molecule has 1 aliphatic carbocycles. The summed E-state index contributed by atoms with van der Waals surface area (Å²) in [5.41, 5.74) is 3.28. The standard InChI is InChI=1S/C14H23N3OS2/c1-13(2,3)20(18)17-12-11-10(19-9-16-11)8-14(12)4-6-15-7-5-14/h9,12,15,17H,4-8H2,1-3H3/t12-,20?/m0/s1. The smallest absolute Gasteiger partial charge is 0.136 e. The fourth-order valence-electron chi connectivity index (χ4n) is 3.21. The predicted octanol–water partition coefficient (Wildman–Crippen LogP) is 2.16. The lowest BCUT2D eigenvalue weighted by molar-refractivity contribution is 0.162. The van der Waals surface area contributed by atoms with E-state index in [4.69, 9.17) is 0 Å². The van der Waals surface area contributed by atoms with E-state index in [1.807, 2.05) is 26.3 Å². The van der Waals surface area contributed by atoms with Gasteiger partial charge < -0.3 is 9.87 Å². The summed E-state index contributed by atoms with van der Waals surface area (Å²) in [5, 5.41) is 3.44. The van der Waals surface area contributed by atoms with E-state index < -0.39 is 11.4 Å². The van der Waals surface area contributed by atoms with Crippen molar-refractivity contribution < 1.29 is 4.55 Å². The summed E-state index contributed by atoms with van der Waals surface area (Å²) in [6.07, 6.45) is 3.36. The fraction of sp³-hybridized carbons (Fsp3) is 0.786. The Morgan fingerprint density at radius 3 is 2.80 bits per heavy atom. The molecule has 1 aromatic rings. The first kappa shape index (κ1) is 14.8. The number of piperidine rings is 1. The summed E-state index contributed by atoms with van der Waals surface area (Å²) >= 11 is 0.695. The molecule has 1 fully saturated rings. The molecule has 0 bridgehead atoms. The highest BCUT2D eigenvalue weighted by atomic mass is 32.2. The highest BCUT2D eigenvalue weighted by Crippen LogP contribution is 2.52. The van der Waals surface area contributed by atoms with Gasteiger partial charge in [0.05, 0.1) is 11.2 Å². The zero-order valence-electron chi connectivity index (χ0n) is 12.4. The van der Waals surface area contributed by atoms with Gasteiger partial charge in [-0.2, -0.15) is 0 Å². The minimum atomic E-state index is -1.05. The van der Waals surface area contributed by atoms with Gasteiger partial charge in [-0.3, -0.25) is 0 Å². The molecular formula is C14H23N3OS2. The minimum Gasteiger partial charge on any atom is -0.598 e. The van der Waals surface area contributed by atoms with Crippen molar-refractivity contribution in [1.29, 1.82) is 0 Å². The van der Waals surface area contributed by atoms with Crippen LogP contribution in [0.4, 0.5) is 0 Å².